The molecule has 1 aliphatic carbocycles. The number of morpholine rings is 1. The molecule has 0 unspecified atom stereocenters. The minimum Gasteiger partial charge on any atom is -0.493 e. The number of piperidine rings is 1. The number of nitrogens with zero attached hydrogens (tertiary/aromatic N) is 4. The Labute approximate surface area is 201 Å². The van der Waals surface area contributed by atoms with Gasteiger partial charge in [0, 0.05) is 44.0 Å². The van der Waals surface area contributed by atoms with Gasteiger partial charge in [0.25, 0.3) is 0 Å². The second-order valence-electron chi connectivity index (χ2n) is 9.37. The number of aromatic nitrogens is 2. The molecule has 8 heteroatoms. The van der Waals surface area contributed by atoms with Gasteiger partial charge in [-0.05, 0) is 37.8 Å². The molecule has 0 radical (unpaired) electrons. The molecule has 2 aliphatic heterocycles. The molecule has 34 heavy (non-hydrogen) atoms. The van der Waals surface area contributed by atoms with Gasteiger partial charge in [0.2, 0.25) is 11.8 Å². The number of amides is 1. The van der Waals surface area contributed by atoms with Crippen LogP contribution >= 0.6 is 0 Å². The van der Waals surface area contributed by atoms with Crippen molar-refractivity contribution in [2.24, 2.45) is 0 Å². The van der Waals surface area contributed by atoms with Gasteiger partial charge in [0.15, 0.2) is 11.5 Å². The van der Waals surface area contributed by atoms with Crippen molar-refractivity contribution in [2.75, 3.05) is 40.0 Å². The fraction of sp³-hybridized carbons (Fsp3) is 0.577. The summed E-state index contributed by atoms with van der Waals surface area (Å²) in [6, 6.07) is 7.92. The van der Waals surface area contributed by atoms with Crippen LogP contribution in [0.2, 0.25) is 0 Å². The van der Waals surface area contributed by atoms with Crippen LogP contribution in [0.25, 0.3) is 0 Å². The number of carbonyl (C=O) groups is 1. The number of likely N-dealkylation sites (tertiary alicyclic amines) is 1. The van der Waals surface area contributed by atoms with Crippen LogP contribution in [0, 0.1) is 0 Å². The van der Waals surface area contributed by atoms with Crippen LogP contribution in [0.3, 0.4) is 0 Å². The summed E-state index contributed by atoms with van der Waals surface area (Å²) in [5, 5.41) is 0. The molecule has 8 nitrogen and oxygen atoms in total. The van der Waals surface area contributed by atoms with Gasteiger partial charge < -0.3 is 19.1 Å². The lowest BCUT2D eigenvalue weighted by atomic mass is 9.92. The first kappa shape index (κ1) is 23.1. The fourth-order valence-corrected chi connectivity index (χ4v) is 5.59. The van der Waals surface area contributed by atoms with Gasteiger partial charge in [-0.25, -0.2) is 4.98 Å². The first-order valence-electron chi connectivity index (χ1n) is 12.5. The minimum atomic E-state index is -0.144. The molecule has 0 spiro atoms. The molecule has 3 heterocycles. The standard InChI is InChI=1S/C26H34N4O4/c1-32-22-8-4-5-9-23(22)34-25-24(27-12-13-28-25)19-10-14-29(15-11-19)26(31)21-18-33-17-16-30(21)20-6-2-3-7-20/h4-5,8-9,12-13,19-21H,2-3,6-7,10-11,14-18H2,1H3/t21-/m1/s1. The van der Waals surface area contributed by atoms with E-state index < -0.39 is 0 Å². The van der Waals surface area contributed by atoms with Gasteiger partial charge >= 0.3 is 0 Å². The van der Waals surface area contributed by atoms with Crippen molar-refractivity contribution >= 4 is 5.91 Å². The molecule has 1 saturated carbocycles. The zero-order valence-electron chi connectivity index (χ0n) is 19.9. The maximum atomic E-state index is 13.5. The van der Waals surface area contributed by atoms with E-state index in [9.17, 15) is 4.79 Å². The van der Waals surface area contributed by atoms with E-state index in [0.717, 1.165) is 31.7 Å². The Bertz CT molecular complexity index is 973. The quantitative estimate of drug-likeness (QED) is 0.643. The molecule has 182 valence electrons. The molecule has 1 aromatic carbocycles. The summed E-state index contributed by atoms with van der Waals surface area (Å²) in [6.45, 7) is 3.52. The average Bonchev–Trinajstić information content (AvgIpc) is 3.44. The van der Waals surface area contributed by atoms with E-state index in [2.05, 4.69) is 14.9 Å². The minimum absolute atomic E-state index is 0.144. The first-order chi connectivity index (χ1) is 16.7. The van der Waals surface area contributed by atoms with Crippen LogP contribution in [0.4, 0.5) is 0 Å². The van der Waals surface area contributed by atoms with Crippen molar-refractivity contribution in [1.29, 1.82) is 0 Å². The van der Waals surface area contributed by atoms with E-state index in [-0.39, 0.29) is 17.9 Å². The lowest BCUT2D eigenvalue weighted by molar-refractivity contribution is -0.146. The summed E-state index contributed by atoms with van der Waals surface area (Å²) in [5.41, 5.74) is 0.842. The molecule has 5 rings (SSSR count). The Morgan fingerprint density at radius 3 is 2.50 bits per heavy atom. The van der Waals surface area contributed by atoms with Crippen LogP contribution in [-0.4, -0.2) is 77.7 Å². The molecule has 3 fully saturated rings. The van der Waals surface area contributed by atoms with Gasteiger partial charge in [-0.3, -0.25) is 14.7 Å². The normalized spacial score (nSPS) is 22.6. The monoisotopic (exact) mass is 466 g/mol. The van der Waals surface area contributed by atoms with E-state index >= 15 is 0 Å². The molecule has 2 aromatic rings. The summed E-state index contributed by atoms with van der Waals surface area (Å²) in [6.07, 6.45) is 9.97. The smallest absolute Gasteiger partial charge is 0.242 e. The largest absolute Gasteiger partial charge is 0.493 e. The van der Waals surface area contributed by atoms with Gasteiger partial charge in [0.05, 0.1) is 20.3 Å². The number of methoxy groups -OCH3 is 1. The molecule has 3 aliphatic rings. The van der Waals surface area contributed by atoms with Gasteiger partial charge in [0.1, 0.15) is 11.7 Å². The van der Waals surface area contributed by atoms with E-state index in [0.29, 0.717) is 43.1 Å². The first-order valence-corrected chi connectivity index (χ1v) is 12.5. The summed E-state index contributed by atoms with van der Waals surface area (Å²) in [7, 11) is 1.62. The third kappa shape index (κ3) is 4.88. The maximum Gasteiger partial charge on any atom is 0.242 e. The summed E-state index contributed by atoms with van der Waals surface area (Å²) >= 11 is 0. The molecule has 1 amide bonds. The number of benzene rings is 1. The van der Waals surface area contributed by atoms with Crippen LogP contribution in [0.5, 0.6) is 17.4 Å². The Balaban J connectivity index is 1.24. The highest BCUT2D eigenvalue weighted by Gasteiger charge is 2.38. The second kappa shape index (κ2) is 10.7. The van der Waals surface area contributed by atoms with Crippen molar-refractivity contribution in [3.05, 3.63) is 42.4 Å². The van der Waals surface area contributed by atoms with E-state index in [1.807, 2.05) is 29.2 Å². The van der Waals surface area contributed by atoms with Crippen molar-refractivity contribution in [3.8, 4) is 17.4 Å². The zero-order valence-corrected chi connectivity index (χ0v) is 19.9. The number of carbonyl (C=O) groups excluding carboxylic acids is 1. The Hall–Kier alpha value is -2.71. The summed E-state index contributed by atoms with van der Waals surface area (Å²) < 4.78 is 17.3. The Morgan fingerprint density at radius 2 is 1.74 bits per heavy atom. The number of rotatable bonds is 6. The zero-order chi connectivity index (χ0) is 23.3. The van der Waals surface area contributed by atoms with Crippen molar-refractivity contribution in [1.82, 2.24) is 19.8 Å². The number of hydrogen-bond acceptors (Lipinski definition) is 7. The average molecular weight is 467 g/mol. The third-order valence-electron chi connectivity index (χ3n) is 7.41. The van der Waals surface area contributed by atoms with E-state index in [1.165, 1.54) is 25.7 Å². The summed E-state index contributed by atoms with van der Waals surface area (Å²) in [5.74, 6) is 2.18. The van der Waals surface area contributed by atoms with Crippen LogP contribution in [0.1, 0.15) is 50.1 Å². The molecule has 1 atom stereocenters. The lowest BCUT2D eigenvalue weighted by Gasteiger charge is -2.42. The summed E-state index contributed by atoms with van der Waals surface area (Å²) in [4.78, 5) is 27.0. The number of hydrogen-bond donors (Lipinski definition) is 0. The lowest BCUT2D eigenvalue weighted by Crippen LogP contribution is -2.58. The number of para-hydroxylation sites is 2. The van der Waals surface area contributed by atoms with E-state index in [4.69, 9.17) is 14.2 Å². The van der Waals surface area contributed by atoms with Crippen molar-refractivity contribution in [2.45, 2.75) is 56.5 Å². The Kier molecular flexibility index (Phi) is 7.25. The molecule has 0 N–H and O–H groups in total. The van der Waals surface area contributed by atoms with E-state index in [1.54, 1.807) is 19.5 Å². The van der Waals surface area contributed by atoms with Crippen LogP contribution in [0.15, 0.2) is 36.7 Å². The number of ether oxygens (including phenoxy) is 3. The highest BCUT2D eigenvalue weighted by atomic mass is 16.5. The molecule has 0 bridgehead atoms. The van der Waals surface area contributed by atoms with Crippen molar-refractivity contribution < 1.29 is 19.0 Å². The molecule has 2 saturated heterocycles. The topological polar surface area (TPSA) is 77.0 Å². The fourth-order valence-electron chi connectivity index (χ4n) is 5.59. The SMILES string of the molecule is COc1ccccc1Oc1nccnc1C1CCN(C(=O)[C@H]2COCCN2C2CCCC2)CC1. The van der Waals surface area contributed by atoms with Crippen molar-refractivity contribution in [3.63, 3.8) is 0 Å². The third-order valence-corrected chi connectivity index (χ3v) is 7.41. The van der Waals surface area contributed by atoms with Crippen LogP contribution < -0.4 is 9.47 Å². The van der Waals surface area contributed by atoms with Crippen LogP contribution in [-0.2, 0) is 9.53 Å². The molecular formula is C26H34N4O4. The highest BCUT2D eigenvalue weighted by Crippen LogP contribution is 2.36. The second-order valence-corrected chi connectivity index (χ2v) is 9.37. The predicted octanol–water partition coefficient (Wildman–Crippen LogP) is 3.63. The molecule has 1 aromatic heterocycles. The molecular weight excluding hydrogens is 432 g/mol. The highest BCUT2D eigenvalue weighted by molar-refractivity contribution is 5.82. The van der Waals surface area contributed by atoms with Gasteiger partial charge in [-0.1, -0.05) is 25.0 Å². The Morgan fingerprint density at radius 1 is 1.00 bits per heavy atom. The maximum absolute atomic E-state index is 13.5. The van der Waals surface area contributed by atoms with Gasteiger partial charge in [-0.15, -0.1) is 0 Å². The van der Waals surface area contributed by atoms with Gasteiger partial charge in [-0.2, -0.15) is 0 Å². The predicted molar refractivity (Wildman–Crippen MR) is 127 cm³/mol.